The van der Waals surface area contributed by atoms with Gasteiger partial charge in [0.1, 0.15) is 5.82 Å². The van der Waals surface area contributed by atoms with Crippen LogP contribution in [0.4, 0.5) is 4.39 Å². The third-order valence-corrected chi connectivity index (χ3v) is 2.66. The van der Waals surface area contributed by atoms with Gasteiger partial charge in [0.25, 0.3) is 5.56 Å². The number of hydrogen-bond donors (Lipinski definition) is 1. The molecule has 1 aromatic carbocycles. The highest BCUT2D eigenvalue weighted by Gasteiger charge is 2.09. The molecule has 3 nitrogen and oxygen atoms in total. The molecule has 0 aliphatic rings. The van der Waals surface area contributed by atoms with Crippen molar-refractivity contribution in [2.45, 2.75) is 20.3 Å². The molecule has 2 aromatic rings. The summed E-state index contributed by atoms with van der Waals surface area (Å²) in [5.74, 6) is -0.309. The lowest BCUT2D eigenvalue weighted by Gasteiger charge is -2.00. The van der Waals surface area contributed by atoms with E-state index in [1.54, 1.807) is 19.1 Å². The minimum Gasteiger partial charge on any atom is -0.295 e. The lowest BCUT2D eigenvalue weighted by Crippen LogP contribution is -2.15. The molecule has 0 atom stereocenters. The molecule has 1 aromatic heterocycles. The minimum absolute atomic E-state index is 0.0801. The van der Waals surface area contributed by atoms with E-state index in [9.17, 15) is 9.18 Å². The van der Waals surface area contributed by atoms with Crippen LogP contribution >= 0.6 is 0 Å². The van der Waals surface area contributed by atoms with Gasteiger partial charge < -0.3 is 0 Å². The van der Waals surface area contributed by atoms with Gasteiger partial charge in [-0.2, -0.15) is 0 Å². The van der Waals surface area contributed by atoms with Crippen molar-refractivity contribution in [3.8, 4) is 5.69 Å². The number of aryl methyl sites for hydroxylation is 1. The molecular weight excluding hydrogens is 207 g/mol. The highest BCUT2D eigenvalue weighted by Crippen LogP contribution is 2.08. The Morgan fingerprint density at radius 3 is 2.44 bits per heavy atom. The van der Waals surface area contributed by atoms with Crippen LogP contribution in [0.3, 0.4) is 0 Å². The van der Waals surface area contributed by atoms with Gasteiger partial charge >= 0.3 is 0 Å². The molecule has 0 fully saturated rings. The molecule has 0 bridgehead atoms. The first-order chi connectivity index (χ1) is 7.63. The van der Waals surface area contributed by atoms with E-state index in [4.69, 9.17) is 0 Å². The predicted molar refractivity (Wildman–Crippen MR) is 60.5 cm³/mol. The number of aromatic nitrogens is 2. The number of nitrogens with one attached hydrogen (secondary N) is 1. The number of benzene rings is 1. The second-order valence-corrected chi connectivity index (χ2v) is 3.69. The molecule has 1 N–H and O–H groups in total. The summed E-state index contributed by atoms with van der Waals surface area (Å²) in [6.07, 6.45) is 0.773. The van der Waals surface area contributed by atoms with Crippen molar-refractivity contribution in [2.75, 3.05) is 0 Å². The summed E-state index contributed by atoms with van der Waals surface area (Å²) in [4.78, 5) is 11.9. The number of aromatic amines is 1. The normalized spacial score (nSPS) is 10.7. The number of rotatable bonds is 2. The summed E-state index contributed by atoms with van der Waals surface area (Å²) in [6.45, 7) is 3.77. The Labute approximate surface area is 92.5 Å². The lowest BCUT2D eigenvalue weighted by molar-refractivity contribution is 0.626. The molecule has 0 amide bonds. The Morgan fingerprint density at radius 1 is 1.31 bits per heavy atom. The zero-order valence-electron chi connectivity index (χ0n) is 9.25. The van der Waals surface area contributed by atoms with Crippen LogP contribution in [0.2, 0.25) is 0 Å². The largest absolute Gasteiger partial charge is 0.295 e. The summed E-state index contributed by atoms with van der Waals surface area (Å²) in [5, 5.41) is 3.02. The van der Waals surface area contributed by atoms with E-state index in [0.717, 1.165) is 12.1 Å². The van der Waals surface area contributed by atoms with E-state index < -0.39 is 0 Å². The monoisotopic (exact) mass is 220 g/mol. The predicted octanol–water partition coefficient (Wildman–Crippen LogP) is 2.18. The quantitative estimate of drug-likeness (QED) is 0.827. The Morgan fingerprint density at radius 2 is 1.94 bits per heavy atom. The summed E-state index contributed by atoms with van der Waals surface area (Å²) in [6, 6.07) is 5.82. The molecule has 0 saturated heterocycles. The molecule has 0 radical (unpaired) electrons. The van der Waals surface area contributed by atoms with E-state index in [2.05, 4.69) is 5.10 Å². The SMILES string of the molecule is CCc1[nH]n(-c2ccc(F)cc2)c(=O)c1C. The van der Waals surface area contributed by atoms with Crippen molar-refractivity contribution in [3.63, 3.8) is 0 Å². The molecule has 1 heterocycles. The molecule has 0 aliphatic carbocycles. The third-order valence-electron chi connectivity index (χ3n) is 2.66. The Kier molecular flexibility index (Phi) is 2.64. The molecular formula is C12H13FN2O. The van der Waals surface area contributed by atoms with Crippen LogP contribution in [0.1, 0.15) is 18.2 Å². The van der Waals surface area contributed by atoms with Gasteiger partial charge in [0.15, 0.2) is 0 Å². The van der Waals surface area contributed by atoms with Crippen LogP contribution in [0.5, 0.6) is 0 Å². The summed E-state index contributed by atoms with van der Waals surface area (Å²) >= 11 is 0. The number of H-pyrrole nitrogens is 1. The van der Waals surface area contributed by atoms with E-state index in [1.165, 1.54) is 16.8 Å². The van der Waals surface area contributed by atoms with Crippen molar-refractivity contribution in [3.05, 3.63) is 51.7 Å². The highest BCUT2D eigenvalue weighted by atomic mass is 19.1. The van der Waals surface area contributed by atoms with E-state index >= 15 is 0 Å². The molecule has 16 heavy (non-hydrogen) atoms. The first-order valence-corrected chi connectivity index (χ1v) is 5.20. The average Bonchev–Trinajstić information content (AvgIpc) is 2.57. The number of halogens is 1. The zero-order chi connectivity index (χ0) is 11.7. The maximum atomic E-state index is 12.8. The molecule has 84 valence electrons. The van der Waals surface area contributed by atoms with Crippen molar-refractivity contribution in [2.24, 2.45) is 0 Å². The number of nitrogens with zero attached hydrogens (tertiary/aromatic N) is 1. The van der Waals surface area contributed by atoms with Gasteiger partial charge in [0.05, 0.1) is 5.69 Å². The van der Waals surface area contributed by atoms with E-state index in [1.807, 2.05) is 6.92 Å². The fourth-order valence-electron chi connectivity index (χ4n) is 1.68. The molecule has 4 heteroatoms. The van der Waals surface area contributed by atoms with Crippen LogP contribution in [-0.4, -0.2) is 9.78 Å². The van der Waals surface area contributed by atoms with Crippen LogP contribution in [0.15, 0.2) is 29.1 Å². The van der Waals surface area contributed by atoms with Crippen molar-refractivity contribution >= 4 is 0 Å². The van der Waals surface area contributed by atoms with Gasteiger partial charge in [0.2, 0.25) is 0 Å². The second kappa shape index (κ2) is 3.96. The van der Waals surface area contributed by atoms with Crippen molar-refractivity contribution < 1.29 is 4.39 Å². The maximum Gasteiger partial charge on any atom is 0.274 e. The first-order valence-electron chi connectivity index (χ1n) is 5.20. The van der Waals surface area contributed by atoms with Crippen molar-refractivity contribution in [1.82, 2.24) is 9.78 Å². The minimum atomic E-state index is -0.309. The molecule has 0 spiro atoms. The van der Waals surface area contributed by atoms with E-state index in [-0.39, 0.29) is 11.4 Å². The first kappa shape index (κ1) is 10.7. The molecule has 0 unspecified atom stereocenters. The standard InChI is InChI=1S/C12H13FN2O/c1-3-11-8(2)12(16)15(14-11)10-6-4-9(13)5-7-10/h4-7,14H,3H2,1-2H3. The van der Waals surface area contributed by atoms with Crippen LogP contribution < -0.4 is 5.56 Å². The topological polar surface area (TPSA) is 37.8 Å². The fourth-order valence-corrected chi connectivity index (χ4v) is 1.68. The van der Waals surface area contributed by atoms with Gasteiger partial charge in [-0.3, -0.25) is 9.89 Å². The van der Waals surface area contributed by atoms with E-state index in [0.29, 0.717) is 11.3 Å². The maximum absolute atomic E-state index is 12.8. The average molecular weight is 220 g/mol. The molecule has 2 rings (SSSR count). The zero-order valence-corrected chi connectivity index (χ0v) is 9.25. The van der Waals surface area contributed by atoms with Crippen LogP contribution in [0.25, 0.3) is 5.69 Å². The smallest absolute Gasteiger partial charge is 0.274 e. The van der Waals surface area contributed by atoms with Gasteiger partial charge in [-0.05, 0) is 37.6 Å². The summed E-state index contributed by atoms with van der Waals surface area (Å²) < 4.78 is 14.2. The fraction of sp³-hybridized carbons (Fsp3) is 0.250. The highest BCUT2D eigenvalue weighted by molar-refractivity contribution is 5.32. The Balaban J connectivity index is 2.56. The Hall–Kier alpha value is -1.84. The van der Waals surface area contributed by atoms with Gasteiger partial charge in [-0.1, -0.05) is 6.92 Å². The molecule has 0 aliphatic heterocycles. The summed E-state index contributed by atoms with van der Waals surface area (Å²) in [7, 11) is 0. The van der Waals surface area contributed by atoms with Crippen LogP contribution in [-0.2, 0) is 6.42 Å². The van der Waals surface area contributed by atoms with Gasteiger partial charge in [0, 0.05) is 11.3 Å². The molecule has 0 saturated carbocycles. The second-order valence-electron chi connectivity index (χ2n) is 3.69. The van der Waals surface area contributed by atoms with Crippen LogP contribution in [0, 0.1) is 12.7 Å². The Bertz CT molecular complexity index is 551. The third kappa shape index (κ3) is 1.66. The van der Waals surface area contributed by atoms with Gasteiger partial charge in [-0.15, -0.1) is 0 Å². The lowest BCUT2D eigenvalue weighted by atomic mass is 10.2. The summed E-state index contributed by atoms with van der Waals surface area (Å²) in [5.41, 5.74) is 2.19. The van der Waals surface area contributed by atoms with Crippen molar-refractivity contribution in [1.29, 1.82) is 0 Å². The van der Waals surface area contributed by atoms with Gasteiger partial charge in [-0.25, -0.2) is 9.07 Å². The number of hydrogen-bond acceptors (Lipinski definition) is 1.